The van der Waals surface area contributed by atoms with Gasteiger partial charge in [-0.1, -0.05) is 34.8 Å². The number of ether oxygens (including phenoxy) is 1. The summed E-state index contributed by atoms with van der Waals surface area (Å²) in [5.41, 5.74) is 1.89. The minimum atomic E-state index is -0.402. The van der Waals surface area contributed by atoms with Gasteiger partial charge in [-0.15, -0.1) is 0 Å². The Kier molecular flexibility index (Phi) is 7.31. The summed E-state index contributed by atoms with van der Waals surface area (Å²) in [6.07, 6.45) is 1.57. The summed E-state index contributed by atoms with van der Waals surface area (Å²) >= 11 is 23.6. The number of thiocarbonyl (C=S) groups is 1. The van der Waals surface area contributed by atoms with E-state index < -0.39 is 5.91 Å². The van der Waals surface area contributed by atoms with Crippen LogP contribution >= 0.6 is 47.0 Å². The molecule has 0 bridgehead atoms. The number of nitrogens with zero attached hydrogens (tertiary/aromatic N) is 2. The molecule has 0 saturated carbocycles. The van der Waals surface area contributed by atoms with Crippen LogP contribution in [0, 0.1) is 18.3 Å². The number of aromatic nitrogens is 1. The van der Waals surface area contributed by atoms with Gasteiger partial charge in [0.1, 0.15) is 11.6 Å². The van der Waals surface area contributed by atoms with E-state index in [1.165, 1.54) is 12.1 Å². The molecule has 0 saturated heterocycles. The molecule has 0 unspecified atom stereocenters. The Morgan fingerprint density at radius 2 is 1.77 bits per heavy atom. The van der Waals surface area contributed by atoms with Crippen molar-refractivity contribution in [3.63, 3.8) is 0 Å². The maximum Gasteiger partial charge on any atom is 0.257 e. The molecule has 0 fully saturated rings. The third-order valence-corrected chi connectivity index (χ3v) is 4.91. The Bertz CT molecular complexity index is 1190. The van der Waals surface area contributed by atoms with Crippen molar-refractivity contribution < 1.29 is 9.53 Å². The Balaban J connectivity index is 1.73. The third-order valence-electron chi connectivity index (χ3n) is 3.90. The first-order valence-electron chi connectivity index (χ1n) is 8.68. The SMILES string of the molecule is Cc1cnc(Oc2c(Cl)cc(NC(=S)NC(=O)c3ccc(Cl)cc3)cc2Cl)c(C#N)c1. The number of carbonyl (C=O) groups excluding carboxylic acids is 1. The third kappa shape index (κ3) is 5.84. The first-order valence-corrected chi connectivity index (χ1v) is 10.2. The Morgan fingerprint density at radius 3 is 2.39 bits per heavy atom. The molecule has 0 aliphatic rings. The molecule has 0 radical (unpaired) electrons. The summed E-state index contributed by atoms with van der Waals surface area (Å²) in [6, 6.07) is 13.1. The predicted octanol–water partition coefficient (Wildman–Crippen LogP) is 6.14. The lowest BCUT2D eigenvalue weighted by Gasteiger charge is -2.14. The van der Waals surface area contributed by atoms with Crippen molar-refractivity contribution in [3.8, 4) is 17.7 Å². The average Bonchev–Trinajstić information content (AvgIpc) is 2.71. The maximum atomic E-state index is 12.2. The van der Waals surface area contributed by atoms with Gasteiger partial charge in [-0.2, -0.15) is 5.26 Å². The molecule has 0 aliphatic carbocycles. The quantitative estimate of drug-likeness (QED) is 0.426. The number of hydrogen-bond acceptors (Lipinski definition) is 5. The highest BCUT2D eigenvalue weighted by molar-refractivity contribution is 7.80. The number of rotatable bonds is 4. The van der Waals surface area contributed by atoms with Crippen LogP contribution in [-0.2, 0) is 0 Å². The number of halogens is 3. The van der Waals surface area contributed by atoms with Crippen LogP contribution in [0.15, 0.2) is 48.7 Å². The van der Waals surface area contributed by atoms with E-state index in [2.05, 4.69) is 15.6 Å². The first kappa shape index (κ1) is 22.8. The molecule has 0 spiro atoms. The highest BCUT2D eigenvalue weighted by atomic mass is 35.5. The molecule has 156 valence electrons. The summed E-state index contributed by atoms with van der Waals surface area (Å²) in [6.45, 7) is 1.81. The van der Waals surface area contributed by atoms with Gasteiger partial charge in [0.2, 0.25) is 5.88 Å². The summed E-state index contributed by atoms with van der Waals surface area (Å²) < 4.78 is 5.67. The van der Waals surface area contributed by atoms with Gasteiger partial charge in [-0.25, -0.2) is 4.98 Å². The molecule has 2 aromatic carbocycles. The molecule has 31 heavy (non-hydrogen) atoms. The van der Waals surface area contributed by atoms with Crippen molar-refractivity contribution in [3.05, 3.63) is 80.4 Å². The zero-order chi connectivity index (χ0) is 22.5. The number of nitriles is 1. The summed E-state index contributed by atoms with van der Waals surface area (Å²) in [5, 5.41) is 15.5. The minimum absolute atomic E-state index is 0.0488. The van der Waals surface area contributed by atoms with Crippen molar-refractivity contribution in [1.82, 2.24) is 10.3 Å². The second-order valence-corrected chi connectivity index (χ2v) is 7.92. The molecule has 1 amide bonds. The lowest BCUT2D eigenvalue weighted by atomic mass is 10.2. The number of amides is 1. The van der Waals surface area contributed by atoms with Crippen molar-refractivity contribution >= 4 is 63.7 Å². The second-order valence-electron chi connectivity index (χ2n) is 6.26. The highest BCUT2D eigenvalue weighted by Crippen LogP contribution is 2.39. The average molecular weight is 492 g/mol. The van der Waals surface area contributed by atoms with E-state index in [9.17, 15) is 10.1 Å². The van der Waals surface area contributed by atoms with Crippen LogP contribution in [0.2, 0.25) is 15.1 Å². The Labute approximate surface area is 198 Å². The van der Waals surface area contributed by atoms with E-state index in [-0.39, 0.29) is 32.4 Å². The smallest absolute Gasteiger partial charge is 0.257 e. The number of carbonyl (C=O) groups is 1. The largest absolute Gasteiger partial charge is 0.435 e. The standard InChI is InChI=1S/C21H13Cl3N4O2S/c1-11-6-13(9-25)20(26-10-11)30-18-16(23)7-15(8-17(18)24)27-21(31)28-19(29)12-2-4-14(22)5-3-12/h2-8,10H,1H3,(H2,27,28,29,31). The van der Waals surface area contributed by atoms with Crippen LogP contribution in [-0.4, -0.2) is 16.0 Å². The van der Waals surface area contributed by atoms with Gasteiger partial charge < -0.3 is 10.1 Å². The van der Waals surface area contributed by atoms with E-state index in [1.54, 1.807) is 36.5 Å². The highest BCUT2D eigenvalue weighted by Gasteiger charge is 2.15. The Hall–Kier alpha value is -2.89. The van der Waals surface area contributed by atoms with Crippen molar-refractivity contribution in [2.45, 2.75) is 6.92 Å². The van der Waals surface area contributed by atoms with Gasteiger partial charge >= 0.3 is 0 Å². The van der Waals surface area contributed by atoms with Crippen LogP contribution in [0.4, 0.5) is 5.69 Å². The van der Waals surface area contributed by atoms with Crippen molar-refractivity contribution in [1.29, 1.82) is 5.26 Å². The number of benzene rings is 2. The van der Waals surface area contributed by atoms with E-state index >= 15 is 0 Å². The molecule has 1 heterocycles. The van der Waals surface area contributed by atoms with Crippen LogP contribution in [0.5, 0.6) is 11.6 Å². The van der Waals surface area contributed by atoms with Crippen LogP contribution in [0.3, 0.4) is 0 Å². The van der Waals surface area contributed by atoms with Crippen molar-refractivity contribution in [2.75, 3.05) is 5.32 Å². The van der Waals surface area contributed by atoms with E-state index in [1.807, 2.05) is 13.0 Å². The van der Waals surface area contributed by atoms with Crippen LogP contribution in [0.1, 0.15) is 21.5 Å². The van der Waals surface area contributed by atoms with E-state index in [0.29, 0.717) is 16.3 Å². The minimum Gasteiger partial charge on any atom is -0.435 e. The summed E-state index contributed by atoms with van der Waals surface area (Å²) in [5.74, 6) is -0.179. The van der Waals surface area contributed by atoms with Gasteiger partial charge in [0, 0.05) is 22.5 Å². The van der Waals surface area contributed by atoms with Gasteiger partial charge in [0.25, 0.3) is 5.91 Å². The van der Waals surface area contributed by atoms with E-state index in [0.717, 1.165) is 5.56 Å². The monoisotopic (exact) mass is 490 g/mol. The predicted molar refractivity (Wildman–Crippen MR) is 125 cm³/mol. The summed E-state index contributed by atoms with van der Waals surface area (Å²) in [7, 11) is 0. The molecule has 0 aliphatic heterocycles. The van der Waals surface area contributed by atoms with Gasteiger partial charge in [0.15, 0.2) is 10.9 Å². The lowest BCUT2D eigenvalue weighted by Crippen LogP contribution is -2.34. The molecule has 10 heteroatoms. The lowest BCUT2D eigenvalue weighted by molar-refractivity contribution is 0.0977. The number of anilines is 1. The second kappa shape index (κ2) is 9.94. The topological polar surface area (TPSA) is 87.0 Å². The number of hydrogen-bond donors (Lipinski definition) is 2. The van der Waals surface area contributed by atoms with Crippen LogP contribution < -0.4 is 15.4 Å². The van der Waals surface area contributed by atoms with E-state index in [4.69, 9.17) is 51.8 Å². The molecule has 3 rings (SSSR count). The molecule has 2 N–H and O–H groups in total. The summed E-state index contributed by atoms with van der Waals surface area (Å²) in [4.78, 5) is 16.4. The molecular formula is C21H13Cl3N4O2S. The number of pyridine rings is 1. The van der Waals surface area contributed by atoms with Crippen LogP contribution in [0.25, 0.3) is 0 Å². The number of nitrogens with one attached hydrogen (secondary N) is 2. The normalized spacial score (nSPS) is 10.2. The molecule has 3 aromatic rings. The fourth-order valence-corrected chi connectivity index (χ4v) is 3.38. The maximum absolute atomic E-state index is 12.2. The van der Waals surface area contributed by atoms with Gasteiger partial charge in [0.05, 0.1) is 10.0 Å². The fraction of sp³-hybridized carbons (Fsp3) is 0.0476. The molecule has 6 nitrogen and oxygen atoms in total. The molecular weight excluding hydrogens is 479 g/mol. The molecule has 0 atom stereocenters. The first-order chi connectivity index (χ1) is 14.8. The van der Waals surface area contributed by atoms with Gasteiger partial charge in [-0.3, -0.25) is 10.1 Å². The Morgan fingerprint density at radius 1 is 1.13 bits per heavy atom. The number of aryl methyl sites for hydroxylation is 1. The fourth-order valence-electron chi connectivity index (χ4n) is 2.48. The van der Waals surface area contributed by atoms with Crippen molar-refractivity contribution in [2.24, 2.45) is 0 Å². The zero-order valence-electron chi connectivity index (χ0n) is 15.9. The zero-order valence-corrected chi connectivity index (χ0v) is 19.0. The molecule has 1 aromatic heterocycles. The van der Waals surface area contributed by atoms with Gasteiger partial charge in [-0.05, 0) is 67.2 Å².